The van der Waals surface area contributed by atoms with Crippen molar-refractivity contribution in [3.05, 3.63) is 12.7 Å². The van der Waals surface area contributed by atoms with Gasteiger partial charge < -0.3 is 0 Å². The van der Waals surface area contributed by atoms with Crippen molar-refractivity contribution in [1.82, 2.24) is 0 Å². The summed E-state index contributed by atoms with van der Waals surface area (Å²) < 4.78 is 0. The summed E-state index contributed by atoms with van der Waals surface area (Å²) in [6.07, 6.45) is 6.30. The van der Waals surface area contributed by atoms with Gasteiger partial charge in [0.05, 0.1) is 0 Å². The zero-order chi connectivity index (χ0) is 8.48. The molecule has 1 fully saturated rings. The fraction of sp³-hybridized carbons (Fsp3) is 0.818. The van der Waals surface area contributed by atoms with Crippen LogP contribution in [0.1, 0.15) is 40.0 Å². The van der Waals surface area contributed by atoms with Crippen molar-refractivity contribution in [3.63, 3.8) is 0 Å². The van der Waals surface area contributed by atoms with Crippen molar-refractivity contribution in [2.75, 3.05) is 0 Å². The van der Waals surface area contributed by atoms with Crippen molar-refractivity contribution in [3.8, 4) is 0 Å². The highest BCUT2D eigenvalue weighted by Crippen LogP contribution is 2.60. The summed E-state index contributed by atoms with van der Waals surface area (Å²) in [5.41, 5.74) is 0.524. The first-order valence-electron chi connectivity index (χ1n) is 4.81. The number of allylic oxidation sites excluding steroid dienone is 1. The standard InChI is InChI=1S/C11H20/c1-5-7-10-8-11(10,6-2)9(3)4/h6,9-10H,2,5,7-8H2,1,3-4H3. The normalized spacial score (nSPS) is 35.8. The van der Waals surface area contributed by atoms with Crippen LogP contribution >= 0.6 is 0 Å². The van der Waals surface area contributed by atoms with Gasteiger partial charge in [0.2, 0.25) is 0 Å². The fourth-order valence-corrected chi connectivity index (χ4v) is 2.28. The molecule has 0 saturated heterocycles. The van der Waals surface area contributed by atoms with Crippen LogP contribution in [0.4, 0.5) is 0 Å². The van der Waals surface area contributed by atoms with Gasteiger partial charge in [0.1, 0.15) is 0 Å². The van der Waals surface area contributed by atoms with Crippen molar-refractivity contribution in [2.24, 2.45) is 17.3 Å². The summed E-state index contributed by atoms with van der Waals surface area (Å²) in [5.74, 6) is 1.74. The summed E-state index contributed by atoms with van der Waals surface area (Å²) in [6, 6.07) is 0. The van der Waals surface area contributed by atoms with E-state index >= 15 is 0 Å². The van der Waals surface area contributed by atoms with Gasteiger partial charge in [0, 0.05) is 0 Å². The van der Waals surface area contributed by atoms with Crippen LogP contribution in [0.5, 0.6) is 0 Å². The minimum Gasteiger partial charge on any atom is -0.103 e. The minimum absolute atomic E-state index is 0.524. The molecule has 0 aromatic carbocycles. The molecule has 0 nitrogen and oxygen atoms in total. The average Bonchev–Trinajstić information content (AvgIpc) is 2.65. The number of rotatable bonds is 4. The Kier molecular flexibility index (Phi) is 2.41. The van der Waals surface area contributed by atoms with Crippen LogP contribution in [0.15, 0.2) is 12.7 Å². The molecule has 0 heteroatoms. The lowest BCUT2D eigenvalue weighted by atomic mass is 9.89. The highest BCUT2D eigenvalue weighted by Gasteiger charge is 2.52. The van der Waals surface area contributed by atoms with E-state index in [0.717, 1.165) is 11.8 Å². The molecular weight excluding hydrogens is 132 g/mol. The van der Waals surface area contributed by atoms with Crippen LogP contribution in [0.2, 0.25) is 0 Å². The summed E-state index contributed by atoms with van der Waals surface area (Å²) in [7, 11) is 0. The molecule has 1 rings (SSSR count). The van der Waals surface area contributed by atoms with Crippen molar-refractivity contribution < 1.29 is 0 Å². The molecule has 1 saturated carbocycles. The highest BCUT2D eigenvalue weighted by molar-refractivity contribution is 5.13. The lowest BCUT2D eigenvalue weighted by Gasteiger charge is -2.16. The van der Waals surface area contributed by atoms with Gasteiger partial charge in [-0.25, -0.2) is 0 Å². The van der Waals surface area contributed by atoms with Crippen LogP contribution in [-0.2, 0) is 0 Å². The third-order valence-corrected chi connectivity index (χ3v) is 3.29. The van der Waals surface area contributed by atoms with E-state index in [1.54, 1.807) is 0 Å². The zero-order valence-electron chi connectivity index (χ0n) is 8.06. The van der Waals surface area contributed by atoms with E-state index in [4.69, 9.17) is 0 Å². The molecule has 0 amide bonds. The van der Waals surface area contributed by atoms with Gasteiger partial charge in [0.25, 0.3) is 0 Å². The van der Waals surface area contributed by atoms with Crippen LogP contribution in [0.25, 0.3) is 0 Å². The first-order valence-corrected chi connectivity index (χ1v) is 4.81. The molecule has 11 heavy (non-hydrogen) atoms. The first-order chi connectivity index (χ1) is 5.17. The molecule has 0 spiro atoms. The largest absolute Gasteiger partial charge is 0.103 e. The van der Waals surface area contributed by atoms with E-state index in [-0.39, 0.29) is 0 Å². The molecule has 64 valence electrons. The van der Waals surface area contributed by atoms with Crippen LogP contribution < -0.4 is 0 Å². The molecular formula is C11H20. The van der Waals surface area contributed by atoms with E-state index in [1.165, 1.54) is 19.3 Å². The summed E-state index contributed by atoms with van der Waals surface area (Å²) in [5, 5.41) is 0. The Morgan fingerprint density at radius 1 is 1.64 bits per heavy atom. The maximum atomic E-state index is 3.95. The molecule has 0 N–H and O–H groups in total. The molecule has 2 atom stereocenters. The second-order valence-electron chi connectivity index (χ2n) is 4.16. The third-order valence-electron chi connectivity index (χ3n) is 3.29. The average molecular weight is 152 g/mol. The Labute approximate surface area is 70.7 Å². The van der Waals surface area contributed by atoms with Crippen molar-refractivity contribution in [1.29, 1.82) is 0 Å². The van der Waals surface area contributed by atoms with Gasteiger partial charge in [-0.3, -0.25) is 0 Å². The maximum absolute atomic E-state index is 3.95. The molecule has 2 unspecified atom stereocenters. The first kappa shape index (κ1) is 8.83. The maximum Gasteiger partial charge on any atom is -0.00664 e. The minimum atomic E-state index is 0.524. The van der Waals surface area contributed by atoms with Crippen molar-refractivity contribution in [2.45, 2.75) is 40.0 Å². The summed E-state index contributed by atoms with van der Waals surface area (Å²) >= 11 is 0. The molecule has 1 aliphatic carbocycles. The molecule has 0 aliphatic heterocycles. The molecule has 1 aliphatic rings. The van der Waals surface area contributed by atoms with E-state index in [1.807, 2.05) is 0 Å². The van der Waals surface area contributed by atoms with Gasteiger partial charge in [-0.1, -0.05) is 33.3 Å². The zero-order valence-corrected chi connectivity index (χ0v) is 8.06. The Morgan fingerprint density at radius 2 is 2.27 bits per heavy atom. The Hall–Kier alpha value is -0.260. The van der Waals surface area contributed by atoms with Crippen LogP contribution in [0, 0.1) is 17.3 Å². The van der Waals surface area contributed by atoms with E-state index < -0.39 is 0 Å². The Morgan fingerprint density at radius 3 is 2.55 bits per heavy atom. The Balaban J connectivity index is 2.49. The predicted octanol–water partition coefficient (Wildman–Crippen LogP) is 3.63. The Bertz CT molecular complexity index is 146. The van der Waals surface area contributed by atoms with E-state index in [9.17, 15) is 0 Å². The molecule has 0 radical (unpaired) electrons. The predicted molar refractivity (Wildman–Crippen MR) is 50.5 cm³/mol. The summed E-state index contributed by atoms with van der Waals surface area (Å²) in [6.45, 7) is 10.9. The van der Waals surface area contributed by atoms with Crippen molar-refractivity contribution >= 4 is 0 Å². The quantitative estimate of drug-likeness (QED) is 0.539. The molecule has 0 aromatic rings. The van der Waals surface area contributed by atoms with E-state index in [2.05, 4.69) is 33.4 Å². The third kappa shape index (κ3) is 1.36. The molecule has 0 heterocycles. The van der Waals surface area contributed by atoms with E-state index in [0.29, 0.717) is 5.41 Å². The highest BCUT2D eigenvalue weighted by atomic mass is 14.6. The monoisotopic (exact) mass is 152 g/mol. The smallest absolute Gasteiger partial charge is 0.00664 e. The van der Waals surface area contributed by atoms with Gasteiger partial charge >= 0.3 is 0 Å². The number of hydrogen-bond donors (Lipinski definition) is 0. The van der Waals surface area contributed by atoms with Gasteiger partial charge in [-0.15, -0.1) is 6.58 Å². The van der Waals surface area contributed by atoms with Crippen LogP contribution in [0.3, 0.4) is 0 Å². The second-order valence-corrected chi connectivity index (χ2v) is 4.16. The SMILES string of the molecule is C=CC1(C(C)C)CC1CCC. The molecule has 0 aromatic heterocycles. The molecule has 0 bridgehead atoms. The second kappa shape index (κ2) is 3.00. The summed E-state index contributed by atoms with van der Waals surface area (Å²) in [4.78, 5) is 0. The topological polar surface area (TPSA) is 0 Å². The van der Waals surface area contributed by atoms with Gasteiger partial charge in [-0.2, -0.15) is 0 Å². The lowest BCUT2D eigenvalue weighted by Crippen LogP contribution is -2.08. The van der Waals surface area contributed by atoms with Crippen LogP contribution in [-0.4, -0.2) is 0 Å². The van der Waals surface area contributed by atoms with Gasteiger partial charge in [-0.05, 0) is 30.1 Å². The fourth-order valence-electron chi connectivity index (χ4n) is 2.28. The number of hydrogen-bond acceptors (Lipinski definition) is 0. The van der Waals surface area contributed by atoms with Gasteiger partial charge in [0.15, 0.2) is 0 Å². The lowest BCUT2D eigenvalue weighted by molar-refractivity contribution is 0.396.